The standard InChI is InChI=1S/2C6H15P.3BrH.Ni/c2*1-4-7(5-2)6-3;;;;/h2*4-6H2,1-3H3;3*1H;/q;;;;;+1/p-1. The van der Waals surface area contributed by atoms with Gasteiger partial charge >= 0.3 is 138 Å². The molecule has 0 fully saturated rings. The monoisotopic (exact) mass is 533 g/mol. The minimum absolute atomic E-state index is 1.34. The Hall–Kier alpha value is 2.79. The van der Waals surface area contributed by atoms with Crippen molar-refractivity contribution in [3.63, 3.8) is 0 Å². The molecule has 121 valence electrons. The summed E-state index contributed by atoms with van der Waals surface area (Å²) in [6, 6.07) is -2.68. The van der Waals surface area contributed by atoms with E-state index in [0.717, 1.165) is 0 Å². The van der Waals surface area contributed by atoms with E-state index in [0.29, 0.717) is 0 Å². The minimum atomic E-state index is -1.86. The van der Waals surface area contributed by atoms with E-state index in [-0.39, 0.29) is 0 Å². The Morgan fingerprint density at radius 1 is 0.556 bits per heavy atom. The summed E-state index contributed by atoms with van der Waals surface area (Å²) in [6.45, 7) is 14.5. The molecule has 0 bridgehead atoms. The van der Waals surface area contributed by atoms with Crippen molar-refractivity contribution in [3.05, 3.63) is 0 Å². The molecule has 0 N–H and O–H groups in total. The molecule has 18 heavy (non-hydrogen) atoms. The first-order chi connectivity index (χ1) is 8.15. The molecule has 0 aliphatic carbocycles. The van der Waals surface area contributed by atoms with Crippen LogP contribution in [0.15, 0.2) is 0 Å². The SMILES string of the molecule is CC[PH](CC)(CC)[Ni]([Br])([Br])([Br])[PH](CC)(CC)CC. The normalized spacial score (nSPS) is 18.2. The van der Waals surface area contributed by atoms with Crippen molar-refractivity contribution in [1.82, 2.24) is 0 Å². The number of hydrogen-bond acceptors (Lipinski definition) is 0. The molecule has 0 aromatic rings. The third-order valence-corrected chi connectivity index (χ3v) is 78.6. The van der Waals surface area contributed by atoms with Crippen LogP contribution >= 0.6 is 54.7 Å². The molecule has 0 spiro atoms. The van der Waals surface area contributed by atoms with Crippen LogP contribution in [0, 0.1) is 0 Å². The summed E-state index contributed by atoms with van der Waals surface area (Å²) in [4.78, 5) is 0. The molecule has 0 rings (SSSR count). The molecule has 6 heteroatoms. The van der Waals surface area contributed by atoms with Gasteiger partial charge in [-0.2, -0.15) is 0 Å². The van der Waals surface area contributed by atoms with Crippen molar-refractivity contribution in [3.8, 4) is 0 Å². The summed E-state index contributed by atoms with van der Waals surface area (Å²) in [5, 5.41) is -1.86. The van der Waals surface area contributed by atoms with Gasteiger partial charge in [0.2, 0.25) is 0 Å². The summed E-state index contributed by atoms with van der Waals surface area (Å²) < 4.78 is 0. The van der Waals surface area contributed by atoms with E-state index >= 15 is 0 Å². The van der Waals surface area contributed by atoms with Crippen molar-refractivity contribution in [2.75, 3.05) is 37.0 Å². The Balaban J connectivity index is 6.06. The van der Waals surface area contributed by atoms with E-state index in [1.165, 1.54) is 37.0 Å². The van der Waals surface area contributed by atoms with Crippen LogP contribution in [0.4, 0.5) is 0 Å². The van der Waals surface area contributed by atoms with Crippen molar-refractivity contribution >= 4 is 54.7 Å². The van der Waals surface area contributed by atoms with Gasteiger partial charge in [-0.05, 0) is 0 Å². The van der Waals surface area contributed by atoms with Gasteiger partial charge in [0, 0.05) is 0 Å². The zero-order chi connectivity index (χ0) is 14.7. The Labute approximate surface area is 137 Å². The van der Waals surface area contributed by atoms with E-state index in [2.05, 4.69) is 84.2 Å². The van der Waals surface area contributed by atoms with Gasteiger partial charge in [-0.3, -0.25) is 0 Å². The quantitative estimate of drug-likeness (QED) is 0.230. The summed E-state index contributed by atoms with van der Waals surface area (Å²) in [7, 11) is 0. The fourth-order valence-corrected chi connectivity index (χ4v) is 79.0. The zero-order valence-corrected chi connectivity index (χ0v) is 20.4. The van der Waals surface area contributed by atoms with Gasteiger partial charge in [0.1, 0.15) is 0 Å². The van der Waals surface area contributed by atoms with Crippen LogP contribution in [-0.4, -0.2) is 37.0 Å². The molecule has 0 aliphatic rings. The maximum absolute atomic E-state index is 4.37. The van der Waals surface area contributed by atoms with Crippen molar-refractivity contribution in [2.24, 2.45) is 0 Å². The maximum atomic E-state index is 4.37. The van der Waals surface area contributed by atoms with Crippen LogP contribution in [0.1, 0.15) is 41.5 Å². The van der Waals surface area contributed by atoms with Gasteiger partial charge in [0.15, 0.2) is 0 Å². The second-order valence-electron chi connectivity index (χ2n) is 4.87. The van der Waals surface area contributed by atoms with Crippen molar-refractivity contribution in [2.45, 2.75) is 41.5 Å². The average Bonchev–Trinajstić information content (AvgIpc) is 2.33. The van der Waals surface area contributed by atoms with E-state index in [9.17, 15) is 0 Å². The van der Waals surface area contributed by atoms with Gasteiger partial charge in [0.05, 0.1) is 0 Å². The molecule has 0 aromatic carbocycles. The number of hydrogen-bond donors (Lipinski definition) is 0. The molecule has 0 aromatic heterocycles. The van der Waals surface area contributed by atoms with E-state index in [1.807, 2.05) is 0 Å². The molecule has 0 atom stereocenters. The predicted octanol–water partition coefficient (Wildman–Crippen LogP) is 7.05. The van der Waals surface area contributed by atoms with Crippen LogP contribution in [0.5, 0.6) is 0 Å². The van der Waals surface area contributed by atoms with Crippen molar-refractivity contribution in [1.29, 1.82) is 0 Å². The van der Waals surface area contributed by atoms with Crippen LogP contribution in [0.2, 0.25) is 0 Å². The van der Waals surface area contributed by atoms with E-state index in [4.69, 9.17) is 0 Å². The molecule has 0 saturated heterocycles. The summed E-state index contributed by atoms with van der Waals surface area (Å²) in [6.07, 6.45) is 8.26. The second kappa shape index (κ2) is 7.37. The third-order valence-electron chi connectivity index (χ3n) is 4.77. The van der Waals surface area contributed by atoms with Crippen LogP contribution in [0.3, 0.4) is 0 Å². The Bertz CT molecular complexity index is 228. The van der Waals surface area contributed by atoms with Crippen LogP contribution in [0.25, 0.3) is 0 Å². The van der Waals surface area contributed by atoms with Crippen LogP contribution in [-0.2, 0) is 5.18 Å². The Morgan fingerprint density at radius 2 is 0.722 bits per heavy atom. The van der Waals surface area contributed by atoms with Gasteiger partial charge in [0.25, 0.3) is 0 Å². The molecule has 0 aliphatic heterocycles. The zero-order valence-electron chi connectivity index (χ0n) is 12.7. The van der Waals surface area contributed by atoms with Crippen LogP contribution < -0.4 is 0 Å². The molecule has 0 radical (unpaired) electrons. The Morgan fingerprint density at radius 3 is 0.833 bits per heavy atom. The summed E-state index contributed by atoms with van der Waals surface area (Å²) >= 11 is 13.1. The first kappa shape index (κ1) is 20.8. The number of halogens is 3. The fourth-order valence-electron chi connectivity index (χ4n) is 2.95. The third kappa shape index (κ3) is 2.97. The van der Waals surface area contributed by atoms with Gasteiger partial charge in [-0.1, -0.05) is 0 Å². The Kier molecular flexibility index (Phi) is 8.52. The van der Waals surface area contributed by atoms with Gasteiger partial charge in [-0.25, -0.2) is 0 Å². The second-order valence-corrected chi connectivity index (χ2v) is 60.2. The van der Waals surface area contributed by atoms with Gasteiger partial charge < -0.3 is 0 Å². The first-order valence-corrected chi connectivity index (χ1v) is 22.2. The molecule has 0 nitrogen and oxygen atoms in total. The molecular weight excluding hydrogens is 504 g/mol. The topological polar surface area (TPSA) is 0 Å². The molecule has 0 amide bonds. The molecular formula is C12H32Br3NiP2. The van der Waals surface area contributed by atoms with Gasteiger partial charge in [-0.15, -0.1) is 0 Å². The van der Waals surface area contributed by atoms with Crippen molar-refractivity contribution < 1.29 is 5.18 Å². The number of rotatable bonds is 8. The molecule has 0 saturated carbocycles. The van der Waals surface area contributed by atoms with E-state index < -0.39 is 17.3 Å². The summed E-state index contributed by atoms with van der Waals surface area (Å²) in [5.74, 6) is 0. The summed E-state index contributed by atoms with van der Waals surface area (Å²) in [5.41, 5.74) is 0. The first-order valence-electron chi connectivity index (χ1n) is 7.04. The molecule has 0 unspecified atom stereocenters. The average molecular weight is 537 g/mol. The molecule has 0 heterocycles. The van der Waals surface area contributed by atoms with E-state index in [1.54, 1.807) is 0 Å². The fraction of sp³-hybridized carbons (Fsp3) is 1.00. The predicted molar refractivity (Wildman–Crippen MR) is 107 cm³/mol.